The highest BCUT2D eigenvalue weighted by molar-refractivity contribution is 5.85. The van der Waals surface area contributed by atoms with Crippen LogP contribution in [0.1, 0.15) is 32.6 Å². The fraction of sp³-hybridized carbons (Fsp3) is 0.688. The minimum Gasteiger partial charge on any atom is -0.480 e. The largest absolute Gasteiger partial charge is 0.480 e. The molecule has 5 atom stereocenters. The highest BCUT2D eigenvalue weighted by Crippen LogP contribution is 2.25. The van der Waals surface area contributed by atoms with Gasteiger partial charge in [0.15, 0.2) is 0 Å². The Bertz CT molecular complexity index is 506. The Morgan fingerprint density at radius 3 is 2.60 bits per heavy atom. The minimum absolute atomic E-state index is 0.202. The zero-order chi connectivity index (χ0) is 19.0. The van der Waals surface area contributed by atoms with Crippen molar-refractivity contribution < 1.29 is 39.5 Å². The van der Waals surface area contributed by atoms with Crippen molar-refractivity contribution >= 4 is 18.2 Å². The van der Waals surface area contributed by atoms with Gasteiger partial charge in [0.2, 0.25) is 11.7 Å². The van der Waals surface area contributed by atoms with E-state index < -0.39 is 48.6 Å². The van der Waals surface area contributed by atoms with Crippen LogP contribution in [0.15, 0.2) is 11.8 Å². The molecule has 9 nitrogen and oxygen atoms in total. The summed E-state index contributed by atoms with van der Waals surface area (Å²) < 4.78 is 5.22. The van der Waals surface area contributed by atoms with Crippen LogP contribution < -0.4 is 5.32 Å². The first kappa shape index (κ1) is 21.1. The van der Waals surface area contributed by atoms with Gasteiger partial charge in [-0.3, -0.25) is 4.79 Å². The maximum Gasteiger partial charge on any atom is 0.370 e. The van der Waals surface area contributed by atoms with Gasteiger partial charge >= 0.3 is 5.97 Å². The van der Waals surface area contributed by atoms with Crippen LogP contribution in [0, 0.1) is 5.92 Å². The summed E-state index contributed by atoms with van der Waals surface area (Å²) >= 11 is 0. The normalized spacial score (nSPS) is 25.3. The van der Waals surface area contributed by atoms with Crippen molar-refractivity contribution in [3.8, 4) is 0 Å². The topological polar surface area (TPSA) is 153 Å². The van der Waals surface area contributed by atoms with Gasteiger partial charge < -0.3 is 35.3 Å². The molecule has 9 heteroatoms. The number of rotatable bonds is 10. The molecule has 0 saturated carbocycles. The fourth-order valence-electron chi connectivity index (χ4n) is 2.62. The first-order chi connectivity index (χ1) is 11.8. The van der Waals surface area contributed by atoms with Crippen LogP contribution in [0.3, 0.4) is 0 Å². The molecule has 25 heavy (non-hydrogen) atoms. The van der Waals surface area contributed by atoms with Gasteiger partial charge in [-0.1, -0.05) is 19.8 Å². The molecule has 0 aliphatic carbocycles. The lowest BCUT2D eigenvalue weighted by Gasteiger charge is -2.38. The van der Waals surface area contributed by atoms with E-state index in [4.69, 9.17) is 14.9 Å². The molecule has 1 aliphatic heterocycles. The summed E-state index contributed by atoms with van der Waals surface area (Å²) in [4.78, 5) is 34.5. The second-order valence-corrected chi connectivity index (χ2v) is 5.92. The molecule has 0 spiro atoms. The molecule has 0 aromatic heterocycles. The van der Waals surface area contributed by atoms with E-state index in [-0.39, 0.29) is 12.3 Å². The van der Waals surface area contributed by atoms with Gasteiger partial charge in [-0.2, -0.15) is 0 Å². The lowest BCUT2D eigenvalue weighted by molar-refractivity contribution is -0.146. The number of aldehydes is 1. The number of carboxylic acid groups (broad SMARTS) is 1. The van der Waals surface area contributed by atoms with E-state index in [0.29, 0.717) is 12.7 Å². The third-order valence-corrected chi connectivity index (χ3v) is 4.02. The van der Waals surface area contributed by atoms with E-state index in [0.717, 1.165) is 18.9 Å². The van der Waals surface area contributed by atoms with Crippen molar-refractivity contribution in [1.82, 2.24) is 5.32 Å². The fourth-order valence-corrected chi connectivity index (χ4v) is 2.62. The Labute approximate surface area is 145 Å². The molecule has 1 aliphatic rings. The zero-order valence-electron chi connectivity index (χ0n) is 14.0. The molecule has 0 saturated heterocycles. The molecule has 1 heterocycles. The number of aliphatic hydroxyl groups is 3. The van der Waals surface area contributed by atoms with Gasteiger partial charge in [-0.15, -0.1) is 0 Å². The van der Waals surface area contributed by atoms with E-state index in [1.807, 2.05) is 6.92 Å². The number of aliphatic carboxylic acids is 1. The number of carbonyl (C=O) groups is 3. The second-order valence-electron chi connectivity index (χ2n) is 5.92. The van der Waals surface area contributed by atoms with E-state index in [1.165, 1.54) is 0 Å². The van der Waals surface area contributed by atoms with Crippen LogP contribution in [0.2, 0.25) is 0 Å². The molecule has 1 amide bonds. The van der Waals surface area contributed by atoms with Crippen LogP contribution in [0.5, 0.6) is 0 Å². The number of ether oxygens (including phenoxy) is 1. The summed E-state index contributed by atoms with van der Waals surface area (Å²) in [6, 6.07) is -1.13. The number of nitrogens with one attached hydrogen (secondary N) is 1. The average Bonchev–Trinajstić information content (AvgIpc) is 2.57. The predicted molar refractivity (Wildman–Crippen MR) is 85.3 cm³/mol. The third-order valence-electron chi connectivity index (χ3n) is 4.02. The van der Waals surface area contributed by atoms with E-state index in [9.17, 15) is 24.6 Å². The molecule has 0 aromatic carbocycles. The highest BCUT2D eigenvalue weighted by atomic mass is 16.5. The SMILES string of the molecule is CCCCCC(=O)N[C@@H]1C(O)C=C(C(=O)O)OC1C(C=O)C(O)CO. The van der Waals surface area contributed by atoms with Crippen molar-refractivity contribution in [3.05, 3.63) is 11.8 Å². The van der Waals surface area contributed by atoms with E-state index >= 15 is 0 Å². The number of hydrogen-bond acceptors (Lipinski definition) is 7. The van der Waals surface area contributed by atoms with Gasteiger partial charge in [0.1, 0.15) is 18.5 Å². The second kappa shape index (κ2) is 10.1. The standard InChI is InChI=1S/C16H25NO8/c1-2-3-4-5-13(22)17-14-10(20)6-12(16(23)24)25-15(14)9(7-18)11(21)8-19/h6-7,9-11,14-15,19-21H,2-5,8H2,1H3,(H,17,22)(H,23,24)/t9?,10?,11?,14-,15?/m1/s1. The van der Waals surface area contributed by atoms with Crippen molar-refractivity contribution in [2.24, 2.45) is 5.92 Å². The van der Waals surface area contributed by atoms with E-state index in [2.05, 4.69) is 5.32 Å². The van der Waals surface area contributed by atoms with Crippen LogP contribution >= 0.6 is 0 Å². The number of carbonyl (C=O) groups excluding carboxylic acids is 2. The molecule has 0 radical (unpaired) electrons. The van der Waals surface area contributed by atoms with Gasteiger partial charge in [0, 0.05) is 6.42 Å². The summed E-state index contributed by atoms with van der Waals surface area (Å²) in [6.07, 6.45) is -0.439. The van der Waals surface area contributed by atoms with Gasteiger partial charge in [-0.05, 0) is 12.5 Å². The number of unbranched alkanes of at least 4 members (excludes halogenated alkanes) is 2. The predicted octanol–water partition coefficient (Wildman–Crippen LogP) is -1.05. The first-order valence-electron chi connectivity index (χ1n) is 8.19. The molecule has 0 fully saturated rings. The monoisotopic (exact) mass is 359 g/mol. The lowest BCUT2D eigenvalue weighted by atomic mass is 9.87. The van der Waals surface area contributed by atoms with Gasteiger partial charge in [0.25, 0.3) is 0 Å². The number of amides is 1. The quantitative estimate of drug-likeness (QED) is 0.244. The summed E-state index contributed by atoms with van der Waals surface area (Å²) in [5.74, 6) is -3.77. The van der Waals surface area contributed by atoms with Crippen molar-refractivity contribution in [1.29, 1.82) is 0 Å². The average molecular weight is 359 g/mol. The molecule has 0 bridgehead atoms. The lowest BCUT2D eigenvalue weighted by Crippen LogP contribution is -2.58. The van der Waals surface area contributed by atoms with Crippen LogP contribution in [0.25, 0.3) is 0 Å². The number of carboxylic acids is 1. The Balaban J connectivity index is 3.00. The maximum atomic E-state index is 12.0. The Kier molecular flexibility index (Phi) is 8.53. The Hall–Kier alpha value is -1.97. The smallest absolute Gasteiger partial charge is 0.370 e. The molecular weight excluding hydrogens is 334 g/mol. The molecule has 1 rings (SSSR count). The van der Waals surface area contributed by atoms with E-state index in [1.54, 1.807) is 0 Å². The van der Waals surface area contributed by atoms with Crippen LogP contribution in [0.4, 0.5) is 0 Å². The molecular formula is C16H25NO8. The minimum atomic E-state index is -1.53. The summed E-state index contributed by atoms with van der Waals surface area (Å²) in [7, 11) is 0. The van der Waals surface area contributed by atoms with Crippen molar-refractivity contribution in [3.63, 3.8) is 0 Å². The zero-order valence-corrected chi connectivity index (χ0v) is 14.0. The highest BCUT2D eigenvalue weighted by Gasteiger charge is 2.43. The maximum absolute atomic E-state index is 12.0. The number of hydrogen-bond donors (Lipinski definition) is 5. The van der Waals surface area contributed by atoms with Crippen LogP contribution in [-0.2, 0) is 19.1 Å². The first-order valence-corrected chi connectivity index (χ1v) is 8.19. The van der Waals surface area contributed by atoms with Gasteiger partial charge in [0.05, 0.1) is 24.7 Å². The van der Waals surface area contributed by atoms with Crippen LogP contribution in [-0.4, -0.2) is 69.5 Å². The van der Waals surface area contributed by atoms with Crippen molar-refractivity contribution in [2.75, 3.05) is 6.61 Å². The molecule has 4 unspecified atom stereocenters. The Morgan fingerprint density at radius 1 is 1.40 bits per heavy atom. The molecule has 142 valence electrons. The summed E-state index contributed by atoms with van der Waals surface area (Å²) in [5, 5.41) is 40.6. The summed E-state index contributed by atoms with van der Waals surface area (Å²) in [5.41, 5.74) is 0. The third kappa shape index (κ3) is 5.80. The summed E-state index contributed by atoms with van der Waals surface area (Å²) in [6.45, 7) is 1.22. The Morgan fingerprint density at radius 2 is 2.08 bits per heavy atom. The molecule has 5 N–H and O–H groups in total. The van der Waals surface area contributed by atoms with Crippen molar-refractivity contribution in [2.45, 2.75) is 57.0 Å². The van der Waals surface area contributed by atoms with Gasteiger partial charge in [-0.25, -0.2) is 4.79 Å². The molecule has 0 aromatic rings. The number of aliphatic hydroxyl groups excluding tert-OH is 3.